The number of anilines is 1. The van der Waals surface area contributed by atoms with Crippen LogP contribution in [0.5, 0.6) is 0 Å². The number of H-pyrrole nitrogens is 1. The van der Waals surface area contributed by atoms with Crippen molar-refractivity contribution in [1.29, 1.82) is 0 Å². The molecule has 0 spiro atoms. The van der Waals surface area contributed by atoms with E-state index in [0.717, 1.165) is 48.8 Å². The molecule has 0 saturated heterocycles. The lowest BCUT2D eigenvalue weighted by Crippen LogP contribution is -2.39. The van der Waals surface area contributed by atoms with Gasteiger partial charge in [-0.15, -0.1) is 0 Å². The minimum absolute atomic E-state index is 0.0122. The lowest BCUT2D eigenvalue weighted by atomic mass is 10.1. The van der Waals surface area contributed by atoms with Crippen LogP contribution in [-0.2, 0) is 24.3 Å². The second-order valence-electron chi connectivity index (χ2n) is 10.2. The molecule has 2 aliphatic rings. The van der Waals surface area contributed by atoms with Crippen molar-refractivity contribution in [2.24, 2.45) is 0 Å². The number of benzene rings is 1. The molecule has 3 heterocycles. The van der Waals surface area contributed by atoms with Crippen LogP contribution in [0.3, 0.4) is 0 Å². The predicted octanol–water partition coefficient (Wildman–Crippen LogP) is 3.13. The largest absolute Gasteiger partial charge is 0.366 e. The minimum atomic E-state index is -0.308. The van der Waals surface area contributed by atoms with Gasteiger partial charge in [0.15, 0.2) is 5.65 Å². The summed E-state index contributed by atoms with van der Waals surface area (Å²) in [6.07, 6.45) is 6.71. The number of aryl methyl sites for hydroxylation is 1. The quantitative estimate of drug-likeness (QED) is 0.299. The third-order valence-corrected chi connectivity index (χ3v) is 6.98. The van der Waals surface area contributed by atoms with Crippen molar-refractivity contribution < 1.29 is 4.79 Å². The zero-order valence-corrected chi connectivity index (χ0v) is 21.4. The summed E-state index contributed by atoms with van der Waals surface area (Å²) in [6.45, 7) is 3.06. The molecule has 3 N–H and O–H groups in total. The second kappa shape index (κ2) is 9.92. The summed E-state index contributed by atoms with van der Waals surface area (Å²) in [5.74, 6) is 1.27. The fourth-order valence-corrected chi connectivity index (χ4v) is 4.73. The van der Waals surface area contributed by atoms with E-state index in [1.165, 1.54) is 4.57 Å². The average Bonchev–Trinajstić information content (AvgIpc) is 3.85. The predicted molar refractivity (Wildman–Crippen MR) is 145 cm³/mol. The lowest BCUT2D eigenvalue weighted by Gasteiger charge is -2.09. The molecule has 1 amide bonds. The summed E-state index contributed by atoms with van der Waals surface area (Å²) < 4.78 is 2.97. The first-order valence-corrected chi connectivity index (χ1v) is 13.3. The molecule has 0 radical (unpaired) electrons. The first-order valence-electron chi connectivity index (χ1n) is 13.3. The minimum Gasteiger partial charge on any atom is -0.366 e. The molecular formula is C28H31N7O3. The third-order valence-electron chi connectivity index (χ3n) is 6.98. The van der Waals surface area contributed by atoms with Gasteiger partial charge in [-0.2, -0.15) is 0 Å². The number of aromatic nitrogens is 5. The van der Waals surface area contributed by atoms with Gasteiger partial charge in [0.25, 0.3) is 5.56 Å². The SMILES string of the molecule is CCCn1c(=O)n(C2CC2)c(=O)c2[nH]c(-c3ccc(NCc4cccc(CC(=O)NC5CC5)c4)nc3)nc21. The number of pyridine rings is 1. The molecule has 2 fully saturated rings. The number of aromatic amines is 1. The second-order valence-corrected chi connectivity index (χ2v) is 10.2. The summed E-state index contributed by atoms with van der Waals surface area (Å²) in [6, 6.07) is 12.1. The molecule has 3 aromatic heterocycles. The van der Waals surface area contributed by atoms with Crippen LogP contribution in [0.2, 0.25) is 0 Å². The Morgan fingerprint density at radius 2 is 1.92 bits per heavy atom. The number of fused-ring (bicyclic) bond motifs is 1. The van der Waals surface area contributed by atoms with Crippen molar-refractivity contribution in [3.63, 3.8) is 0 Å². The number of imidazole rings is 1. The zero-order chi connectivity index (χ0) is 26.2. The van der Waals surface area contributed by atoms with Crippen LogP contribution in [0, 0.1) is 0 Å². The normalized spacial score (nSPS) is 15.1. The van der Waals surface area contributed by atoms with Gasteiger partial charge in [0.05, 0.1) is 6.42 Å². The molecule has 1 aromatic carbocycles. The van der Waals surface area contributed by atoms with Crippen molar-refractivity contribution in [2.75, 3.05) is 5.32 Å². The van der Waals surface area contributed by atoms with Crippen LogP contribution in [-0.4, -0.2) is 36.0 Å². The summed E-state index contributed by atoms with van der Waals surface area (Å²) >= 11 is 0. The van der Waals surface area contributed by atoms with E-state index in [1.807, 2.05) is 43.3 Å². The maximum absolute atomic E-state index is 13.1. The van der Waals surface area contributed by atoms with E-state index < -0.39 is 0 Å². The Morgan fingerprint density at radius 1 is 1.11 bits per heavy atom. The maximum Gasteiger partial charge on any atom is 0.333 e. The molecule has 0 aliphatic heterocycles. The number of nitrogens with zero attached hydrogens (tertiary/aromatic N) is 4. The Morgan fingerprint density at radius 3 is 2.63 bits per heavy atom. The molecule has 2 saturated carbocycles. The van der Waals surface area contributed by atoms with Gasteiger partial charge in [-0.05, 0) is 55.4 Å². The zero-order valence-electron chi connectivity index (χ0n) is 21.4. The van der Waals surface area contributed by atoms with Crippen LogP contribution in [0.1, 0.15) is 56.2 Å². The summed E-state index contributed by atoms with van der Waals surface area (Å²) in [4.78, 5) is 50.5. The van der Waals surface area contributed by atoms with Gasteiger partial charge in [0, 0.05) is 36.9 Å². The fourth-order valence-electron chi connectivity index (χ4n) is 4.73. The molecule has 196 valence electrons. The van der Waals surface area contributed by atoms with E-state index in [4.69, 9.17) is 0 Å². The highest BCUT2D eigenvalue weighted by atomic mass is 16.2. The van der Waals surface area contributed by atoms with Gasteiger partial charge in [0.1, 0.15) is 17.2 Å². The van der Waals surface area contributed by atoms with E-state index >= 15 is 0 Å². The summed E-state index contributed by atoms with van der Waals surface area (Å²) in [7, 11) is 0. The molecule has 0 bridgehead atoms. The molecule has 10 heteroatoms. The Balaban J connectivity index is 1.18. The highest BCUT2D eigenvalue weighted by Crippen LogP contribution is 2.32. The number of rotatable bonds is 10. The molecule has 0 unspecified atom stereocenters. The molecule has 38 heavy (non-hydrogen) atoms. The van der Waals surface area contributed by atoms with Gasteiger partial charge >= 0.3 is 5.69 Å². The van der Waals surface area contributed by atoms with E-state index in [0.29, 0.717) is 48.4 Å². The van der Waals surface area contributed by atoms with Crippen molar-refractivity contribution in [2.45, 2.75) is 70.6 Å². The van der Waals surface area contributed by atoms with Gasteiger partial charge in [-0.25, -0.2) is 14.8 Å². The number of carbonyl (C=O) groups is 1. The number of hydrogen-bond donors (Lipinski definition) is 3. The number of nitrogens with one attached hydrogen (secondary N) is 3. The van der Waals surface area contributed by atoms with Gasteiger partial charge in [0.2, 0.25) is 5.91 Å². The van der Waals surface area contributed by atoms with Crippen molar-refractivity contribution in [3.05, 3.63) is 74.6 Å². The first-order chi connectivity index (χ1) is 18.5. The Bertz CT molecular complexity index is 1610. The Labute approximate surface area is 219 Å². The van der Waals surface area contributed by atoms with Crippen molar-refractivity contribution in [3.8, 4) is 11.4 Å². The Hall–Kier alpha value is -4.21. The van der Waals surface area contributed by atoms with Crippen molar-refractivity contribution >= 4 is 22.9 Å². The molecule has 0 atom stereocenters. The van der Waals surface area contributed by atoms with Gasteiger partial charge in [-0.1, -0.05) is 31.2 Å². The van der Waals surface area contributed by atoms with Crippen LogP contribution >= 0.6 is 0 Å². The molecule has 10 nitrogen and oxygen atoms in total. The topological polar surface area (TPSA) is 127 Å². The molecule has 6 rings (SSSR count). The summed E-state index contributed by atoms with van der Waals surface area (Å²) in [5.41, 5.74) is 2.92. The number of hydrogen-bond acceptors (Lipinski definition) is 6. The third kappa shape index (κ3) is 4.98. The monoisotopic (exact) mass is 513 g/mol. The fraction of sp³-hybridized carbons (Fsp3) is 0.393. The van der Waals surface area contributed by atoms with Gasteiger partial charge < -0.3 is 15.6 Å². The summed E-state index contributed by atoms with van der Waals surface area (Å²) in [5, 5.41) is 6.34. The Kier molecular flexibility index (Phi) is 6.30. The number of amides is 1. The highest BCUT2D eigenvalue weighted by molar-refractivity contribution is 5.79. The highest BCUT2D eigenvalue weighted by Gasteiger charge is 2.30. The molecule has 2 aliphatic carbocycles. The van der Waals surface area contributed by atoms with Crippen LogP contribution in [0.25, 0.3) is 22.6 Å². The van der Waals surface area contributed by atoms with Crippen LogP contribution < -0.4 is 21.9 Å². The maximum atomic E-state index is 13.1. The van der Waals surface area contributed by atoms with Crippen molar-refractivity contribution in [1.82, 2.24) is 29.4 Å². The first kappa shape index (κ1) is 24.1. The van der Waals surface area contributed by atoms with E-state index in [-0.39, 0.29) is 23.2 Å². The standard InChI is InChI=1S/C28H31N7O3/c1-2-12-34-26-24(27(37)35(28(34)38)21-9-10-21)32-25(33-26)19-6-11-22(30-16-19)29-15-18-5-3-4-17(13-18)14-23(36)31-20-7-8-20/h3-6,11,13,16,20-21H,2,7-10,12,14-15H2,1H3,(H,29,30)(H,31,36)(H,32,33). The van der Waals surface area contributed by atoms with E-state index in [9.17, 15) is 14.4 Å². The van der Waals surface area contributed by atoms with Crippen LogP contribution in [0.15, 0.2) is 52.2 Å². The van der Waals surface area contributed by atoms with E-state index in [1.54, 1.807) is 10.8 Å². The number of carbonyl (C=O) groups excluding carboxylic acids is 1. The molecule has 4 aromatic rings. The van der Waals surface area contributed by atoms with Gasteiger partial charge in [-0.3, -0.25) is 18.7 Å². The van der Waals surface area contributed by atoms with Crippen LogP contribution in [0.4, 0.5) is 5.82 Å². The lowest BCUT2D eigenvalue weighted by molar-refractivity contribution is -0.120. The molecular weight excluding hydrogens is 482 g/mol. The smallest absolute Gasteiger partial charge is 0.333 e. The van der Waals surface area contributed by atoms with E-state index in [2.05, 4.69) is 25.6 Å². The average molecular weight is 514 g/mol.